The van der Waals surface area contributed by atoms with E-state index >= 15 is 0 Å². The maximum Gasteiger partial charge on any atom is 0.341 e. The summed E-state index contributed by atoms with van der Waals surface area (Å²) in [5.74, 6) is -1.36. The van der Waals surface area contributed by atoms with E-state index in [1.807, 2.05) is 0 Å². The minimum Gasteiger partial charge on any atom is -0.493 e. The molecule has 0 radical (unpaired) electrons. The normalized spacial score (nSPS) is 10.7. The zero-order chi connectivity index (χ0) is 13.7. The quantitative estimate of drug-likeness (QED) is 0.605. The number of nitrogens with two attached hydrogens (primary N) is 1. The molecule has 4 nitrogen and oxygen atoms in total. The van der Waals surface area contributed by atoms with Gasteiger partial charge in [0, 0.05) is 0 Å². The molecule has 0 saturated heterocycles. The van der Waals surface area contributed by atoms with Gasteiger partial charge in [-0.15, -0.1) is 0 Å². The molecular formula is C13H18FNO3. The van der Waals surface area contributed by atoms with Gasteiger partial charge < -0.3 is 15.6 Å². The van der Waals surface area contributed by atoms with Gasteiger partial charge in [0.1, 0.15) is 17.1 Å². The van der Waals surface area contributed by atoms with Crippen LogP contribution in [0.1, 0.15) is 37.0 Å². The predicted molar refractivity (Wildman–Crippen MR) is 67.3 cm³/mol. The fourth-order valence-corrected chi connectivity index (χ4v) is 1.59. The summed E-state index contributed by atoms with van der Waals surface area (Å²) < 4.78 is 18.5. The number of nitrogen functional groups attached to an aromatic ring is 1. The number of rotatable bonds is 6. The summed E-state index contributed by atoms with van der Waals surface area (Å²) in [6.07, 6.45) is 1.80. The zero-order valence-electron chi connectivity index (χ0n) is 10.6. The van der Waals surface area contributed by atoms with E-state index in [0.29, 0.717) is 12.5 Å². The Hall–Kier alpha value is -1.78. The lowest BCUT2D eigenvalue weighted by Crippen LogP contribution is -2.09. The third-order valence-electron chi connectivity index (χ3n) is 2.55. The molecule has 0 spiro atoms. The Balaban J connectivity index is 2.76. The fraction of sp³-hybridized carbons (Fsp3) is 0.462. The Bertz CT molecular complexity index is 432. The Kier molecular flexibility index (Phi) is 4.95. The average Bonchev–Trinajstić information content (AvgIpc) is 2.28. The first-order valence-corrected chi connectivity index (χ1v) is 5.87. The van der Waals surface area contributed by atoms with Crippen LogP contribution < -0.4 is 10.5 Å². The van der Waals surface area contributed by atoms with Crippen molar-refractivity contribution in [1.82, 2.24) is 0 Å². The van der Waals surface area contributed by atoms with Crippen LogP contribution in [0.25, 0.3) is 0 Å². The number of ether oxygens (including phenoxy) is 1. The van der Waals surface area contributed by atoms with Crippen molar-refractivity contribution in [1.29, 1.82) is 0 Å². The molecule has 1 rings (SSSR count). The van der Waals surface area contributed by atoms with Crippen molar-refractivity contribution in [2.45, 2.75) is 26.7 Å². The molecule has 3 N–H and O–H groups in total. The predicted octanol–water partition coefficient (Wildman–Crippen LogP) is 2.92. The van der Waals surface area contributed by atoms with Gasteiger partial charge in [-0.2, -0.15) is 0 Å². The number of benzene rings is 1. The molecule has 0 aromatic heterocycles. The number of aromatic carboxylic acids is 1. The highest BCUT2D eigenvalue weighted by Crippen LogP contribution is 2.27. The largest absolute Gasteiger partial charge is 0.493 e. The lowest BCUT2D eigenvalue weighted by Gasteiger charge is -2.12. The Morgan fingerprint density at radius 3 is 2.72 bits per heavy atom. The number of hydrogen-bond donors (Lipinski definition) is 2. The van der Waals surface area contributed by atoms with Gasteiger partial charge >= 0.3 is 5.97 Å². The van der Waals surface area contributed by atoms with Crippen LogP contribution >= 0.6 is 0 Å². The average molecular weight is 255 g/mol. The topological polar surface area (TPSA) is 72.5 Å². The smallest absolute Gasteiger partial charge is 0.341 e. The summed E-state index contributed by atoms with van der Waals surface area (Å²) in [5.41, 5.74) is 4.71. The molecule has 0 saturated carbocycles. The van der Waals surface area contributed by atoms with Crippen LogP contribution in [0.2, 0.25) is 0 Å². The van der Waals surface area contributed by atoms with Crippen LogP contribution in [0.5, 0.6) is 5.75 Å². The summed E-state index contributed by atoms with van der Waals surface area (Å²) in [7, 11) is 0. The Morgan fingerprint density at radius 1 is 1.50 bits per heavy atom. The van der Waals surface area contributed by atoms with Gasteiger partial charge in [0.25, 0.3) is 0 Å². The standard InChI is InChI=1S/C13H18FNO3/c1-8(2)4-3-7-18-10-6-5-9(14)12(15)11(10)13(16)17/h5-6,8H,3-4,7,15H2,1-2H3,(H,16,17). The van der Waals surface area contributed by atoms with Crippen LogP contribution in [0.4, 0.5) is 10.1 Å². The fourth-order valence-electron chi connectivity index (χ4n) is 1.59. The highest BCUT2D eigenvalue weighted by molar-refractivity contribution is 5.96. The molecule has 5 heteroatoms. The molecule has 0 aliphatic rings. The third kappa shape index (κ3) is 3.61. The maximum atomic E-state index is 13.2. The van der Waals surface area contributed by atoms with Crippen molar-refractivity contribution in [3.63, 3.8) is 0 Å². The molecule has 1 aromatic carbocycles. The lowest BCUT2D eigenvalue weighted by molar-refractivity contribution is 0.0693. The van der Waals surface area contributed by atoms with E-state index in [1.54, 1.807) is 0 Å². The van der Waals surface area contributed by atoms with Crippen LogP contribution in [-0.2, 0) is 0 Å². The number of carbonyl (C=O) groups is 1. The van der Waals surface area contributed by atoms with Crippen molar-refractivity contribution in [3.8, 4) is 5.75 Å². The van der Waals surface area contributed by atoms with Gasteiger partial charge in [0.05, 0.1) is 12.3 Å². The summed E-state index contributed by atoms with van der Waals surface area (Å²) in [6, 6.07) is 2.41. The molecule has 0 bridgehead atoms. The van der Waals surface area contributed by atoms with E-state index in [2.05, 4.69) is 13.8 Å². The van der Waals surface area contributed by atoms with Crippen LogP contribution in [0, 0.1) is 11.7 Å². The van der Waals surface area contributed by atoms with Crippen molar-refractivity contribution in [2.75, 3.05) is 12.3 Å². The summed E-state index contributed by atoms with van der Waals surface area (Å²) in [4.78, 5) is 11.0. The second-order valence-electron chi connectivity index (χ2n) is 4.52. The van der Waals surface area contributed by atoms with Crippen LogP contribution in [0.3, 0.4) is 0 Å². The van der Waals surface area contributed by atoms with E-state index in [0.717, 1.165) is 18.9 Å². The monoisotopic (exact) mass is 255 g/mol. The van der Waals surface area contributed by atoms with Crippen LogP contribution in [-0.4, -0.2) is 17.7 Å². The summed E-state index contributed by atoms with van der Waals surface area (Å²) in [6.45, 7) is 4.58. The molecule has 0 heterocycles. The molecule has 0 fully saturated rings. The molecular weight excluding hydrogens is 237 g/mol. The Morgan fingerprint density at radius 2 is 2.17 bits per heavy atom. The summed E-state index contributed by atoms with van der Waals surface area (Å²) >= 11 is 0. The first-order valence-electron chi connectivity index (χ1n) is 5.87. The number of carboxylic acids is 1. The zero-order valence-corrected chi connectivity index (χ0v) is 10.6. The highest BCUT2D eigenvalue weighted by Gasteiger charge is 2.18. The molecule has 0 amide bonds. The minimum atomic E-state index is -1.29. The van der Waals surface area contributed by atoms with E-state index < -0.39 is 11.8 Å². The number of carboxylic acid groups (broad SMARTS) is 1. The Labute approximate surface area is 106 Å². The molecule has 0 atom stereocenters. The molecule has 0 unspecified atom stereocenters. The molecule has 100 valence electrons. The molecule has 1 aromatic rings. The van der Waals surface area contributed by atoms with Gasteiger partial charge in [0.2, 0.25) is 0 Å². The van der Waals surface area contributed by atoms with Gasteiger partial charge in [-0.05, 0) is 30.9 Å². The van der Waals surface area contributed by atoms with Crippen molar-refractivity contribution in [2.24, 2.45) is 5.92 Å². The number of anilines is 1. The van der Waals surface area contributed by atoms with Gasteiger partial charge in [-0.3, -0.25) is 0 Å². The first-order chi connectivity index (χ1) is 8.43. The minimum absolute atomic E-state index is 0.116. The van der Waals surface area contributed by atoms with Crippen molar-refractivity contribution >= 4 is 11.7 Å². The molecule has 18 heavy (non-hydrogen) atoms. The maximum absolute atomic E-state index is 13.2. The van der Waals surface area contributed by atoms with Gasteiger partial charge in [-0.1, -0.05) is 13.8 Å². The highest BCUT2D eigenvalue weighted by atomic mass is 19.1. The van der Waals surface area contributed by atoms with Crippen molar-refractivity contribution in [3.05, 3.63) is 23.5 Å². The number of hydrogen-bond acceptors (Lipinski definition) is 3. The first kappa shape index (κ1) is 14.3. The number of halogens is 1. The van der Waals surface area contributed by atoms with E-state index in [1.165, 1.54) is 6.07 Å². The van der Waals surface area contributed by atoms with E-state index in [9.17, 15) is 9.18 Å². The molecule has 0 aliphatic carbocycles. The molecule has 0 aliphatic heterocycles. The van der Waals surface area contributed by atoms with Gasteiger partial charge in [-0.25, -0.2) is 9.18 Å². The SMILES string of the molecule is CC(C)CCCOc1ccc(F)c(N)c1C(=O)O. The second kappa shape index (κ2) is 6.23. The third-order valence-corrected chi connectivity index (χ3v) is 2.55. The van der Waals surface area contributed by atoms with Gasteiger partial charge in [0.15, 0.2) is 0 Å². The van der Waals surface area contributed by atoms with Crippen LogP contribution in [0.15, 0.2) is 12.1 Å². The van der Waals surface area contributed by atoms with E-state index in [4.69, 9.17) is 15.6 Å². The van der Waals surface area contributed by atoms with Crippen molar-refractivity contribution < 1.29 is 19.0 Å². The summed E-state index contributed by atoms with van der Waals surface area (Å²) in [5, 5.41) is 8.99. The van der Waals surface area contributed by atoms with E-state index in [-0.39, 0.29) is 17.0 Å². The lowest BCUT2D eigenvalue weighted by atomic mass is 10.1. The second-order valence-corrected chi connectivity index (χ2v) is 4.52.